The zero-order valence-electron chi connectivity index (χ0n) is 13.9. The van der Waals surface area contributed by atoms with Crippen LogP contribution in [0.1, 0.15) is 32.1 Å². The van der Waals surface area contributed by atoms with E-state index < -0.39 is 5.60 Å². The lowest BCUT2D eigenvalue weighted by Crippen LogP contribution is -2.61. The quantitative estimate of drug-likeness (QED) is 0.836. The molecule has 1 aromatic rings. The predicted octanol–water partition coefficient (Wildman–Crippen LogP) is 2.21. The van der Waals surface area contributed by atoms with Gasteiger partial charge in [0.15, 0.2) is 5.60 Å². The van der Waals surface area contributed by atoms with Crippen molar-refractivity contribution in [2.75, 3.05) is 31.1 Å². The number of amides is 2. The minimum absolute atomic E-state index is 0.0134. The average Bonchev–Trinajstić information content (AvgIpc) is 3.47. The van der Waals surface area contributed by atoms with Crippen molar-refractivity contribution < 1.29 is 14.3 Å². The van der Waals surface area contributed by atoms with Crippen LogP contribution >= 0.6 is 0 Å². The Labute approximate surface area is 142 Å². The summed E-state index contributed by atoms with van der Waals surface area (Å²) in [7, 11) is 0. The number of carbonyl (C=O) groups excluding carboxylic acids is 2. The molecule has 1 atom stereocenters. The molecular formula is C19H24N2O3. The highest BCUT2D eigenvalue weighted by Gasteiger charge is 2.49. The Morgan fingerprint density at radius 2 is 1.92 bits per heavy atom. The van der Waals surface area contributed by atoms with Gasteiger partial charge in [-0.3, -0.25) is 9.59 Å². The summed E-state index contributed by atoms with van der Waals surface area (Å²) in [5.41, 5.74) is 0.0489. The molecule has 3 fully saturated rings. The molecule has 128 valence electrons. The number of hydrogen-bond acceptors (Lipinski definition) is 3. The first kappa shape index (κ1) is 15.6. The van der Waals surface area contributed by atoms with Gasteiger partial charge >= 0.3 is 0 Å². The first-order valence-corrected chi connectivity index (χ1v) is 8.99. The number of benzene rings is 1. The Hall–Kier alpha value is -1.88. The second-order valence-electron chi connectivity index (χ2n) is 7.13. The van der Waals surface area contributed by atoms with Gasteiger partial charge in [-0.05, 0) is 44.2 Å². The van der Waals surface area contributed by atoms with Gasteiger partial charge in [0, 0.05) is 24.7 Å². The fourth-order valence-electron chi connectivity index (χ4n) is 3.83. The zero-order chi connectivity index (χ0) is 16.6. The Morgan fingerprint density at radius 1 is 1.12 bits per heavy atom. The molecule has 24 heavy (non-hydrogen) atoms. The molecule has 2 heterocycles. The molecule has 4 rings (SSSR count). The second-order valence-corrected chi connectivity index (χ2v) is 7.13. The lowest BCUT2D eigenvalue weighted by Gasteiger charge is -2.42. The third kappa shape index (κ3) is 2.81. The molecule has 1 saturated carbocycles. The van der Waals surface area contributed by atoms with Crippen LogP contribution in [0.5, 0.6) is 0 Å². The normalized spacial score (nSPS) is 28.1. The van der Waals surface area contributed by atoms with E-state index in [-0.39, 0.29) is 17.7 Å². The Bertz CT molecular complexity index is 629. The van der Waals surface area contributed by atoms with Crippen molar-refractivity contribution in [3.05, 3.63) is 30.3 Å². The first-order valence-electron chi connectivity index (χ1n) is 8.99. The SMILES string of the molecule is O=C(C1CC1)N1CCOC2(CCCCN(c3ccccc3)C2=O)C1. The summed E-state index contributed by atoms with van der Waals surface area (Å²) < 4.78 is 6.05. The lowest BCUT2D eigenvalue weighted by atomic mass is 9.93. The van der Waals surface area contributed by atoms with Crippen LogP contribution in [0.15, 0.2) is 30.3 Å². The third-order valence-corrected chi connectivity index (χ3v) is 5.34. The number of morpholine rings is 1. The highest BCUT2D eigenvalue weighted by molar-refractivity contribution is 6.00. The fourth-order valence-corrected chi connectivity index (χ4v) is 3.83. The highest BCUT2D eigenvalue weighted by atomic mass is 16.5. The predicted molar refractivity (Wildman–Crippen MR) is 90.6 cm³/mol. The topological polar surface area (TPSA) is 49.9 Å². The Balaban J connectivity index is 1.60. The smallest absolute Gasteiger partial charge is 0.261 e. The van der Waals surface area contributed by atoms with Crippen molar-refractivity contribution in [2.24, 2.45) is 5.92 Å². The maximum atomic E-state index is 13.3. The van der Waals surface area contributed by atoms with E-state index in [1.807, 2.05) is 40.1 Å². The van der Waals surface area contributed by atoms with E-state index in [0.29, 0.717) is 32.7 Å². The molecule has 5 heteroatoms. The summed E-state index contributed by atoms with van der Waals surface area (Å²) in [6.07, 6.45) is 4.59. The zero-order valence-corrected chi connectivity index (χ0v) is 13.9. The number of anilines is 1. The standard InChI is InChI=1S/C19H24N2O3/c22-17(15-8-9-15)20-12-13-24-19(14-20)10-4-5-11-21(18(19)23)16-6-2-1-3-7-16/h1-3,6-7,15H,4-5,8-14H2. The third-order valence-electron chi connectivity index (χ3n) is 5.34. The molecule has 0 N–H and O–H groups in total. The van der Waals surface area contributed by atoms with Crippen LogP contribution in [0.3, 0.4) is 0 Å². The molecule has 2 saturated heterocycles. The van der Waals surface area contributed by atoms with Crippen LogP contribution in [-0.2, 0) is 14.3 Å². The molecule has 1 spiro atoms. The minimum Gasteiger partial charge on any atom is -0.361 e. The van der Waals surface area contributed by atoms with Crippen molar-refractivity contribution in [1.29, 1.82) is 0 Å². The maximum Gasteiger partial charge on any atom is 0.261 e. The summed E-state index contributed by atoms with van der Waals surface area (Å²) >= 11 is 0. The van der Waals surface area contributed by atoms with E-state index in [1.54, 1.807) is 0 Å². The van der Waals surface area contributed by atoms with Crippen molar-refractivity contribution >= 4 is 17.5 Å². The van der Waals surface area contributed by atoms with Crippen molar-refractivity contribution in [1.82, 2.24) is 4.90 Å². The van der Waals surface area contributed by atoms with E-state index in [9.17, 15) is 9.59 Å². The van der Waals surface area contributed by atoms with Gasteiger partial charge in [-0.15, -0.1) is 0 Å². The highest BCUT2D eigenvalue weighted by Crippen LogP contribution is 2.36. The van der Waals surface area contributed by atoms with Crippen LogP contribution in [0.25, 0.3) is 0 Å². The first-order chi connectivity index (χ1) is 11.7. The van der Waals surface area contributed by atoms with Crippen LogP contribution in [-0.4, -0.2) is 48.6 Å². The van der Waals surface area contributed by atoms with Crippen LogP contribution in [0.2, 0.25) is 0 Å². The molecule has 0 aromatic heterocycles. The van der Waals surface area contributed by atoms with Crippen LogP contribution in [0, 0.1) is 5.92 Å². The maximum absolute atomic E-state index is 13.3. The number of carbonyl (C=O) groups is 2. The van der Waals surface area contributed by atoms with E-state index in [2.05, 4.69) is 0 Å². The van der Waals surface area contributed by atoms with Gasteiger partial charge in [0.05, 0.1) is 13.2 Å². The van der Waals surface area contributed by atoms with Gasteiger partial charge in [-0.1, -0.05) is 18.2 Å². The summed E-state index contributed by atoms with van der Waals surface area (Å²) in [4.78, 5) is 29.5. The lowest BCUT2D eigenvalue weighted by molar-refractivity contribution is -0.165. The minimum atomic E-state index is -0.866. The van der Waals surface area contributed by atoms with E-state index in [1.165, 1.54) is 0 Å². The molecule has 0 bridgehead atoms. The summed E-state index contributed by atoms with van der Waals surface area (Å²) in [5, 5.41) is 0. The van der Waals surface area contributed by atoms with E-state index in [4.69, 9.17) is 4.74 Å². The molecule has 0 radical (unpaired) electrons. The molecule has 3 aliphatic rings. The molecule has 1 aromatic carbocycles. The van der Waals surface area contributed by atoms with Crippen molar-refractivity contribution in [2.45, 2.75) is 37.7 Å². The van der Waals surface area contributed by atoms with E-state index in [0.717, 1.165) is 31.4 Å². The largest absolute Gasteiger partial charge is 0.361 e. The van der Waals surface area contributed by atoms with Crippen molar-refractivity contribution in [3.8, 4) is 0 Å². The van der Waals surface area contributed by atoms with Gasteiger partial charge in [-0.25, -0.2) is 0 Å². The van der Waals surface area contributed by atoms with Crippen molar-refractivity contribution in [3.63, 3.8) is 0 Å². The Morgan fingerprint density at radius 3 is 2.67 bits per heavy atom. The summed E-state index contributed by atoms with van der Waals surface area (Å²) in [5.74, 6) is 0.409. The van der Waals surface area contributed by atoms with Gasteiger partial charge in [0.1, 0.15) is 0 Å². The van der Waals surface area contributed by atoms with Crippen LogP contribution in [0.4, 0.5) is 5.69 Å². The fraction of sp³-hybridized carbons (Fsp3) is 0.579. The summed E-state index contributed by atoms with van der Waals surface area (Å²) in [6, 6.07) is 9.78. The number of hydrogen-bond donors (Lipinski definition) is 0. The molecule has 1 unspecified atom stereocenters. The number of nitrogens with zero attached hydrogens (tertiary/aromatic N) is 2. The molecule has 1 aliphatic carbocycles. The van der Waals surface area contributed by atoms with Gasteiger partial charge in [0.25, 0.3) is 5.91 Å². The summed E-state index contributed by atoms with van der Waals surface area (Å²) in [6.45, 7) is 2.18. The number of para-hydroxylation sites is 1. The van der Waals surface area contributed by atoms with Gasteiger partial charge < -0.3 is 14.5 Å². The number of ether oxygens (including phenoxy) is 1. The Kier molecular flexibility index (Phi) is 4.04. The molecule has 2 amide bonds. The molecule has 2 aliphatic heterocycles. The monoisotopic (exact) mass is 328 g/mol. The molecular weight excluding hydrogens is 304 g/mol. The average molecular weight is 328 g/mol. The van der Waals surface area contributed by atoms with Gasteiger partial charge in [0.2, 0.25) is 5.91 Å². The van der Waals surface area contributed by atoms with E-state index >= 15 is 0 Å². The number of rotatable bonds is 2. The second kappa shape index (κ2) is 6.20. The van der Waals surface area contributed by atoms with Crippen LogP contribution < -0.4 is 4.90 Å². The van der Waals surface area contributed by atoms with Gasteiger partial charge in [-0.2, -0.15) is 0 Å². The molecule has 5 nitrogen and oxygen atoms in total.